The lowest BCUT2D eigenvalue weighted by molar-refractivity contribution is -0.115. The van der Waals surface area contributed by atoms with Gasteiger partial charge in [0.15, 0.2) is 5.78 Å². The smallest absolute Gasteiger partial charge is 0.161 e. The van der Waals surface area contributed by atoms with Gasteiger partial charge in [0.1, 0.15) is 0 Å². The lowest BCUT2D eigenvalue weighted by Crippen LogP contribution is -2.26. The number of para-hydroxylation sites is 1. The van der Waals surface area contributed by atoms with E-state index in [0.29, 0.717) is 29.2 Å². The molecular formula is C22H21ClN2OS. The Labute approximate surface area is 168 Å². The zero-order valence-electron chi connectivity index (χ0n) is 14.8. The molecule has 0 unspecified atom stereocenters. The molecule has 2 aromatic carbocycles. The second-order valence-corrected chi connectivity index (χ2v) is 7.99. The molecule has 0 radical (unpaired) electrons. The third-order valence-corrected chi connectivity index (χ3v) is 5.42. The number of halogens is 1. The second-order valence-electron chi connectivity index (χ2n) is 6.19. The second kappa shape index (κ2) is 9.51. The van der Waals surface area contributed by atoms with Crippen molar-refractivity contribution < 1.29 is 4.79 Å². The minimum absolute atomic E-state index is 0.0924. The van der Waals surface area contributed by atoms with Crippen LogP contribution in [0.4, 0.5) is 5.69 Å². The summed E-state index contributed by atoms with van der Waals surface area (Å²) < 4.78 is 0.716. The third kappa shape index (κ3) is 5.79. The van der Waals surface area contributed by atoms with Crippen molar-refractivity contribution >= 4 is 34.4 Å². The molecule has 0 saturated heterocycles. The van der Waals surface area contributed by atoms with E-state index in [0.717, 1.165) is 16.1 Å². The predicted octanol–water partition coefficient (Wildman–Crippen LogP) is 5.41. The zero-order chi connectivity index (χ0) is 19.1. The summed E-state index contributed by atoms with van der Waals surface area (Å²) in [5.41, 5.74) is 2.66. The molecule has 0 aliphatic rings. The quantitative estimate of drug-likeness (QED) is 0.314. The highest BCUT2D eigenvalue weighted by Crippen LogP contribution is 2.25. The van der Waals surface area contributed by atoms with Gasteiger partial charge in [-0.05, 0) is 36.2 Å². The van der Waals surface area contributed by atoms with Crippen molar-refractivity contribution in [1.82, 2.24) is 0 Å². The lowest BCUT2D eigenvalue weighted by Gasteiger charge is -2.16. The first kappa shape index (κ1) is 19.4. The molecule has 1 aromatic heterocycles. The molecule has 27 heavy (non-hydrogen) atoms. The largest absolute Gasteiger partial charge is 0.294 e. The molecule has 0 amide bonds. The molecule has 138 valence electrons. The zero-order valence-corrected chi connectivity index (χ0v) is 16.4. The number of rotatable bonds is 8. The lowest BCUT2D eigenvalue weighted by atomic mass is 10.0. The Kier molecular flexibility index (Phi) is 6.82. The van der Waals surface area contributed by atoms with E-state index in [1.807, 2.05) is 72.8 Å². The molecule has 5 heteroatoms. The number of nitrogens with two attached hydrogens (primary N) is 1. The van der Waals surface area contributed by atoms with Crippen molar-refractivity contribution in [2.45, 2.75) is 19.3 Å². The minimum atomic E-state index is 0.0924. The summed E-state index contributed by atoms with van der Waals surface area (Å²) >= 11 is 7.53. The molecule has 1 heterocycles. The number of aryl methyl sites for hydroxylation is 1. The summed E-state index contributed by atoms with van der Waals surface area (Å²) in [7, 11) is 0. The van der Waals surface area contributed by atoms with Crippen molar-refractivity contribution in [3.8, 4) is 0 Å². The van der Waals surface area contributed by atoms with Crippen LogP contribution in [0.3, 0.4) is 0 Å². The number of ketones is 1. The van der Waals surface area contributed by atoms with Gasteiger partial charge in [0.25, 0.3) is 0 Å². The Balaban J connectivity index is 1.78. The topological polar surface area (TPSA) is 46.3 Å². The van der Waals surface area contributed by atoms with Crippen LogP contribution in [0.1, 0.15) is 16.9 Å². The highest BCUT2D eigenvalue weighted by atomic mass is 35.5. The van der Waals surface area contributed by atoms with Crippen LogP contribution in [0.25, 0.3) is 0 Å². The van der Waals surface area contributed by atoms with Gasteiger partial charge in [-0.1, -0.05) is 60.1 Å². The standard InChI is InChI=1S/C22H21ClN2OS/c23-22-14-12-20(27-22)15-18(16-25(24)19-9-5-2-6-10-19)21(26)13-11-17-7-3-1-4-8-17/h1-10,12,14,16H,11,13,15,24H2/b18-16+. The van der Waals surface area contributed by atoms with Gasteiger partial charge in [-0.3, -0.25) is 9.80 Å². The van der Waals surface area contributed by atoms with Crippen LogP contribution in [-0.4, -0.2) is 5.78 Å². The number of hydrogen-bond donors (Lipinski definition) is 1. The number of benzene rings is 2. The fourth-order valence-corrected chi connectivity index (χ4v) is 3.87. The van der Waals surface area contributed by atoms with E-state index in [-0.39, 0.29) is 5.78 Å². The monoisotopic (exact) mass is 396 g/mol. The number of carbonyl (C=O) groups excluding carboxylic acids is 1. The minimum Gasteiger partial charge on any atom is -0.294 e. The first-order chi connectivity index (χ1) is 13.1. The number of thiophene rings is 1. The Morgan fingerprint density at radius 2 is 1.67 bits per heavy atom. The van der Waals surface area contributed by atoms with Crippen LogP contribution in [-0.2, 0) is 17.6 Å². The van der Waals surface area contributed by atoms with E-state index >= 15 is 0 Å². The Bertz CT molecular complexity index is 906. The summed E-state index contributed by atoms with van der Waals surface area (Å²) in [5, 5.41) is 1.50. The third-order valence-electron chi connectivity index (χ3n) is 4.18. The van der Waals surface area contributed by atoms with Gasteiger partial charge in [0.2, 0.25) is 0 Å². The molecule has 0 spiro atoms. The average Bonchev–Trinajstić information content (AvgIpc) is 3.11. The average molecular weight is 397 g/mol. The maximum absolute atomic E-state index is 12.9. The molecule has 3 aromatic rings. The van der Waals surface area contributed by atoms with E-state index < -0.39 is 0 Å². The molecular weight excluding hydrogens is 376 g/mol. The number of Topliss-reactive ketones (excluding diaryl/α,β-unsaturated/α-hetero) is 1. The van der Waals surface area contributed by atoms with Crippen LogP contribution < -0.4 is 10.9 Å². The van der Waals surface area contributed by atoms with E-state index in [1.165, 1.54) is 16.3 Å². The molecule has 0 fully saturated rings. The van der Waals surface area contributed by atoms with Crippen LogP contribution in [0.15, 0.2) is 84.6 Å². The van der Waals surface area contributed by atoms with E-state index in [4.69, 9.17) is 17.4 Å². The van der Waals surface area contributed by atoms with Crippen molar-refractivity contribution in [3.63, 3.8) is 0 Å². The molecule has 0 aliphatic heterocycles. The van der Waals surface area contributed by atoms with Gasteiger partial charge in [-0.15, -0.1) is 11.3 Å². The molecule has 0 saturated carbocycles. The van der Waals surface area contributed by atoms with E-state index in [1.54, 1.807) is 6.20 Å². The first-order valence-electron chi connectivity index (χ1n) is 8.73. The summed E-state index contributed by atoms with van der Waals surface area (Å²) in [6, 6.07) is 23.4. The number of carbonyl (C=O) groups is 1. The van der Waals surface area contributed by atoms with Crippen LogP contribution in [0.5, 0.6) is 0 Å². The van der Waals surface area contributed by atoms with Gasteiger partial charge < -0.3 is 0 Å². The summed E-state index contributed by atoms with van der Waals surface area (Å²) in [6.45, 7) is 0. The maximum atomic E-state index is 12.9. The Morgan fingerprint density at radius 1 is 1.00 bits per heavy atom. The van der Waals surface area contributed by atoms with E-state index in [2.05, 4.69) is 0 Å². The number of allylic oxidation sites excluding steroid dienone is 1. The Hall–Kier alpha value is -2.40. The van der Waals surface area contributed by atoms with E-state index in [9.17, 15) is 4.79 Å². The Morgan fingerprint density at radius 3 is 2.30 bits per heavy atom. The van der Waals surface area contributed by atoms with Gasteiger partial charge in [0, 0.05) is 29.5 Å². The molecule has 3 rings (SSSR count). The number of nitrogens with zero attached hydrogens (tertiary/aromatic N) is 1. The molecule has 2 N–H and O–H groups in total. The fraction of sp³-hybridized carbons (Fsp3) is 0.136. The normalized spacial score (nSPS) is 11.4. The first-order valence-corrected chi connectivity index (χ1v) is 9.92. The predicted molar refractivity (Wildman–Crippen MR) is 114 cm³/mol. The van der Waals surface area contributed by atoms with Crippen LogP contribution in [0, 0.1) is 0 Å². The molecule has 0 atom stereocenters. The van der Waals surface area contributed by atoms with Crippen molar-refractivity contribution in [1.29, 1.82) is 0 Å². The van der Waals surface area contributed by atoms with Crippen LogP contribution in [0.2, 0.25) is 4.34 Å². The molecule has 0 bridgehead atoms. The SMILES string of the molecule is NN(/C=C(\Cc1ccc(Cl)s1)C(=O)CCc1ccccc1)c1ccccc1. The molecule has 0 aliphatic carbocycles. The highest BCUT2D eigenvalue weighted by molar-refractivity contribution is 7.16. The fourth-order valence-electron chi connectivity index (χ4n) is 2.76. The van der Waals surface area contributed by atoms with Crippen LogP contribution >= 0.6 is 22.9 Å². The van der Waals surface area contributed by atoms with Gasteiger partial charge in [-0.25, -0.2) is 5.84 Å². The van der Waals surface area contributed by atoms with Gasteiger partial charge in [0.05, 0.1) is 10.0 Å². The summed E-state index contributed by atoms with van der Waals surface area (Å²) in [4.78, 5) is 14.0. The number of hydrazine groups is 1. The van der Waals surface area contributed by atoms with Crippen molar-refractivity contribution in [2.24, 2.45) is 5.84 Å². The number of hydrogen-bond acceptors (Lipinski definition) is 4. The van der Waals surface area contributed by atoms with Gasteiger partial charge >= 0.3 is 0 Å². The molecule has 3 nitrogen and oxygen atoms in total. The highest BCUT2D eigenvalue weighted by Gasteiger charge is 2.14. The van der Waals surface area contributed by atoms with Crippen molar-refractivity contribution in [3.05, 3.63) is 99.3 Å². The maximum Gasteiger partial charge on any atom is 0.161 e. The summed E-state index contributed by atoms with van der Waals surface area (Å²) in [5.74, 6) is 6.27. The summed E-state index contributed by atoms with van der Waals surface area (Å²) in [6.07, 6.45) is 3.40. The number of anilines is 1. The van der Waals surface area contributed by atoms with Crippen molar-refractivity contribution in [2.75, 3.05) is 5.01 Å². The van der Waals surface area contributed by atoms with Gasteiger partial charge in [-0.2, -0.15) is 0 Å².